The summed E-state index contributed by atoms with van der Waals surface area (Å²) >= 11 is 0. The van der Waals surface area contributed by atoms with E-state index < -0.39 is 16.8 Å². The van der Waals surface area contributed by atoms with Gasteiger partial charge in [0, 0.05) is 13.1 Å². The Morgan fingerprint density at radius 1 is 1.03 bits per heavy atom. The number of carboxylic acids is 1. The highest BCUT2D eigenvalue weighted by Gasteiger charge is 2.53. The molecule has 2 saturated carbocycles. The molecule has 3 fully saturated rings. The fraction of sp³-hybridized carbons (Fsp3) is 0.640. The van der Waals surface area contributed by atoms with Crippen molar-refractivity contribution in [1.82, 2.24) is 10.2 Å². The lowest BCUT2D eigenvalue weighted by molar-refractivity contribution is -0.156. The number of nitrogens with one attached hydrogen (secondary N) is 1. The van der Waals surface area contributed by atoms with Crippen LogP contribution in [0.25, 0.3) is 0 Å². The Bertz CT molecular complexity index is 912. The quantitative estimate of drug-likeness (QED) is 0.733. The van der Waals surface area contributed by atoms with Gasteiger partial charge in [0.2, 0.25) is 5.91 Å². The highest BCUT2D eigenvalue weighted by Crippen LogP contribution is 2.51. The van der Waals surface area contributed by atoms with Crippen molar-refractivity contribution < 1.29 is 19.5 Å². The number of anilines is 1. The molecule has 0 aromatic heterocycles. The fourth-order valence-electron chi connectivity index (χ4n) is 6.31. The molecule has 0 bridgehead atoms. The summed E-state index contributed by atoms with van der Waals surface area (Å²) in [6, 6.07) is 7.43. The number of nitrogens with zero attached hydrogens (tertiary/aromatic N) is 2. The Kier molecular flexibility index (Phi) is 5.48. The predicted molar refractivity (Wildman–Crippen MR) is 121 cm³/mol. The highest BCUT2D eigenvalue weighted by molar-refractivity contribution is 6.22. The number of likely N-dealkylation sites (tertiary alicyclic amines) is 1. The summed E-state index contributed by atoms with van der Waals surface area (Å²) in [5.41, 5.74) is 0.697. The van der Waals surface area contributed by atoms with Crippen molar-refractivity contribution in [2.75, 3.05) is 31.1 Å². The second kappa shape index (κ2) is 8.18. The lowest BCUT2D eigenvalue weighted by atomic mass is 9.68. The summed E-state index contributed by atoms with van der Waals surface area (Å²) in [6.45, 7) is 2.92. The standard InChI is InChI=1S/C25H33N3O4/c29-21-25(12-3-4-13-25)19-6-1-2-7-20(19)28(21)23(32)26-16-18-8-14-27(15-9-18)17-24(22(30)31)10-5-11-24/h1-2,6-7,18H,3-5,8-17H2,(H,26,32)(H,30,31). The number of carboxylic acid groups (broad SMARTS) is 1. The van der Waals surface area contributed by atoms with E-state index in [0.29, 0.717) is 19.0 Å². The van der Waals surface area contributed by atoms with Crippen LogP contribution in [0.1, 0.15) is 63.4 Å². The molecule has 0 unspecified atom stereocenters. The van der Waals surface area contributed by atoms with Crippen LogP contribution < -0.4 is 10.2 Å². The van der Waals surface area contributed by atoms with E-state index >= 15 is 0 Å². The van der Waals surface area contributed by atoms with Gasteiger partial charge in [-0.05, 0) is 69.2 Å². The van der Waals surface area contributed by atoms with Crippen molar-refractivity contribution in [2.24, 2.45) is 11.3 Å². The third-order valence-electron chi connectivity index (χ3n) is 8.47. The molecule has 2 N–H and O–H groups in total. The van der Waals surface area contributed by atoms with Crippen molar-refractivity contribution in [1.29, 1.82) is 0 Å². The molecule has 3 amide bonds. The first-order valence-electron chi connectivity index (χ1n) is 12.1. The van der Waals surface area contributed by atoms with Crippen LogP contribution in [0.3, 0.4) is 0 Å². The molecular formula is C25H33N3O4. The predicted octanol–water partition coefficient (Wildman–Crippen LogP) is 3.52. The number of benzene rings is 1. The van der Waals surface area contributed by atoms with Crippen LogP contribution >= 0.6 is 0 Å². The van der Waals surface area contributed by atoms with Crippen LogP contribution in [-0.4, -0.2) is 54.1 Å². The molecule has 2 heterocycles. The van der Waals surface area contributed by atoms with Gasteiger partial charge in [0.15, 0.2) is 0 Å². The Morgan fingerprint density at radius 2 is 1.72 bits per heavy atom. The van der Waals surface area contributed by atoms with E-state index in [2.05, 4.69) is 10.2 Å². The third kappa shape index (κ3) is 3.41. The smallest absolute Gasteiger partial charge is 0.328 e. The molecule has 4 aliphatic rings. The monoisotopic (exact) mass is 439 g/mol. The first kappa shape index (κ1) is 21.4. The van der Waals surface area contributed by atoms with Gasteiger partial charge >= 0.3 is 12.0 Å². The summed E-state index contributed by atoms with van der Waals surface area (Å²) in [7, 11) is 0. The van der Waals surface area contributed by atoms with Gasteiger partial charge in [0.1, 0.15) is 0 Å². The average Bonchev–Trinajstić information content (AvgIpc) is 3.35. The van der Waals surface area contributed by atoms with Crippen LogP contribution in [0.4, 0.5) is 10.5 Å². The molecule has 5 rings (SSSR count). The normalized spacial score (nSPS) is 24.4. The zero-order valence-corrected chi connectivity index (χ0v) is 18.6. The zero-order chi connectivity index (χ0) is 22.3. The highest BCUT2D eigenvalue weighted by atomic mass is 16.4. The Labute approximate surface area is 189 Å². The number of imide groups is 1. The van der Waals surface area contributed by atoms with Crippen molar-refractivity contribution in [3.05, 3.63) is 29.8 Å². The summed E-state index contributed by atoms with van der Waals surface area (Å²) in [5.74, 6) is -0.373. The minimum Gasteiger partial charge on any atom is -0.481 e. The van der Waals surface area contributed by atoms with Crippen LogP contribution in [0.5, 0.6) is 0 Å². The van der Waals surface area contributed by atoms with Gasteiger partial charge in [-0.3, -0.25) is 9.59 Å². The maximum absolute atomic E-state index is 13.4. The van der Waals surface area contributed by atoms with E-state index in [0.717, 1.165) is 82.1 Å². The van der Waals surface area contributed by atoms with Gasteiger partial charge in [0.05, 0.1) is 16.5 Å². The lowest BCUT2D eigenvalue weighted by Gasteiger charge is -2.43. The van der Waals surface area contributed by atoms with E-state index in [4.69, 9.17) is 0 Å². The van der Waals surface area contributed by atoms with E-state index in [1.807, 2.05) is 24.3 Å². The number of hydrogen-bond donors (Lipinski definition) is 2. The summed E-state index contributed by atoms with van der Waals surface area (Å²) < 4.78 is 0. The maximum Gasteiger partial charge on any atom is 0.328 e. The van der Waals surface area contributed by atoms with E-state index in [1.165, 1.54) is 4.90 Å². The third-order valence-corrected chi connectivity index (χ3v) is 8.47. The maximum atomic E-state index is 13.4. The molecule has 1 spiro atoms. The number of carbonyl (C=O) groups is 3. The number of urea groups is 1. The zero-order valence-electron chi connectivity index (χ0n) is 18.6. The van der Waals surface area contributed by atoms with Gasteiger partial charge in [-0.25, -0.2) is 9.69 Å². The van der Waals surface area contributed by atoms with Crippen LogP contribution in [0, 0.1) is 11.3 Å². The molecule has 2 aliphatic heterocycles. The Hall–Kier alpha value is -2.41. The van der Waals surface area contributed by atoms with Gasteiger partial charge < -0.3 is 15.3 Å². The molecule has 1 aromatic rings. The average molecular weight is 440 g/mol. The molecule has 7 heteroatoms. The van der Waals surface area contributed by atoms with Crippen molar-refractivity contribution >= 4 is 23.6 Å². The number of para-hydroxylation sites is 1. The molecule has 32 heavy (non-hydrogen) atoms. The van der Waals surface area contributed by atoms with Crippen LogP contribution in [0.2, 0.25) is 0 Å². The number of hydrogen-bond acceptors (Lipinski definition) is 4. The number of piperidine rings is 1. The Balaban J connectivity index is 1.17. The molecule has 1 aromatic carbocycles. The number of amides is 3. The lowest BCUT2D eigenvalue weighted by Crippen LogP contribution is -2.51. The van der Waals surface area contributed by atoms with Crippen molar-refractivity contribution in [3.8, 4) is 0 Å². The summed E-state index contributed by atoms with van der Waals surface area (Å²) in [6.07, 6.45) is 8.14. The fourth-order valence-corrected chi connectivity index (χ4v) is 6.31. The van der Waals surface area contributed by atoms with E-state index in [9.17, 15) is 19.5 Å². The molecule has 1 saturated heterocycles. The molecular weight excluding hydrogens is 406 g/mol. The number of carbonyl (C=O) groups excluding carboxylic acids is 2. The topological polar surface area (TPSA) is 89.9 Å². The van der Waals surface area contributed by atoms with Gasteiger partial charge in [-0.2, -0.15) is 0 Å². The van der Waals surface area contributed by atoms with E-state index in [-0.39, 0.29) is 11.9 Å². The van der Waals surface area contributed by atoms with Crippen molar-refractivity contribution in [3.63, 3.8) is 0 Å². The molecule has 7 nitrogen and oxygen atoms in total. The van der Waals surface area contributed by atoms with Crippen molar-refractivity contribution in [2.45, 2.75) is 63.2 Å². The Morgan fingerprint density at radius 3 is 2.34 bits per heavy atom. The SMILES string of the molecule is O=C(NCC1CCN(CC2(C(=O)O)CCC2)CC1)N1C(=O)C2(CCCC2)c2ccccc21. The van der Waals surface area contributed by atoms with Crippen LogP contribution in [0.15, 0.2) is 24.3 Å². The second-order valence-electron chi connectivity index (χ2n) is 10.3. The largest absolute Gasteiger partial charge is 0.481 e. The minimum atomic E-state index is -0.659. The molecule has 0 radical (unpaired) electrons. The summed E-state index contributed by atoms with van der Waals surface area (Å²) in [5, 5.41) is 12.6. The van der Waals surface area contributed by atoms with Gasteiger partial charge in [-0.15, -0.1) is 0 Å². The number of aliphatic carboxylic acids is 1. The first-order chi connectivity index (χ1) is 15.5. The molecule has 0 atom stereocenters. The molecule has 172 valence electrons. The first-order valence-corrected chi connectivity index (χ1v) is 12.1. The number of rotatable bonds is 5. The van der Waals surface area contributed by atoms with Gasteiger partial charge in [0.25, 0.3) is 0 Å². The second-order valence-corrected chi connectivity index (χ2v) is 10.3. The van der Waals surface area contributed by atoms with Crippen LogP contribution in [-0.2, 0) is 15.0 Å². The minimum absolute atomic E-state index is 0.0667. The number of fused-ring (bicyclic) bond motifs is 2. The molecule has 2 aliphatic carbocycles. The van der Waals surface area contributed by atoms with Gasteiger partial charge in [-0.1, -0.05) is 37.5 Å². The summed E-state index contributed by atoms with van der Waals surface area (Å²) in [4.78, 5) is 41.7. The van der Waals surface area contributed by atoms with E-state index in [1.54, 1.807) is 0 Å².